The van der Waals surface area contributed by atoms with Gasteiger partial charge in [-0.25, -0.2) is 4.79 Å². The van der Waals surface area contributed by atoms with E-state index in [1.54, 1.807) is 6.92 Å². The Kier molecular flexibility index (Phi) is 20.1. The molecule has 1 atom stereocenters. The van der Waals surface area contributed by atoms with Gasteiger partial charge in [0, 0.05) is 32.5 Å². The molecule has 33 heavy (non-hydrogen) atoms. The second-order valence-corrected chi connectivity index (χ2v) is 6.94. The zero-order valence-electron chi connectivity index (χ0n) is 19.7. The molecule has 0 aliphatic heterocycles. The summed E-state index contributed by atoms with van der Waals surface area (Å²) < 4.78 is 21.1. The maximum Gasteiger partial charge on any atom is 0.326 e. The summed E-state index contributed by atoms with van der Waals surface area (Å²) in [5.41, 5.74) is 0. The zero-order valence-corrected chi connectivity index (χ0v) is 19.7. The molecule has 0 spiro atoms. The minimum atomic E-state index is -1.18. The van der Waals surface area contributed by atoms with Crippen LogP contribution in [-0.2, 0) is 38.1 Å². The molecule has 1 unspecified atom stereocenters. The van der Waals surface area contributed by atoms with Crippen molar-refractivity contribution in [3.63, 3.8) is 0 Å². The number of carboxylic acid groups (broad SMARTS) is 1. The van der Waals surface area contributed by atoms with Crippen LogP contribution in [0.2, 0.25) is 0 Å². The Labute approximate surface area is 195 Å². The molecule has 0 bridgehead atoms. The highest BCUT2D eigenvalue weighted by atomic mass is 16.5. The summed E-state index contributed by atoms with van der Waals surface area (Å²) in [5, 5.41) is 16.7. The first kappa shape index (κ1) is 30.7. The summed E-state index contributed by atoms with van der Waals surface area (Å²) in [5.74, 6) is -2.14. The van der Waals surface area contributed by atoms with Crippen molar-refractivity contribution >= 4 is 23.7 Å². The summed E-state index contributed by atoms with van der Waals surface area (Å²) in [4.78, 5) is 45.8. The molecule has 0 heterocycles. The normalized spacial score (nSPS) is 11.6. The predicted molar refractivity (Wildman–Crippen MR) is 119 cm³/mol. The van der Waals surface area contributed by atoms with Crippen molar-refractivity contribution in [1.29, 1.82) is 0 Å². The molecule has 0 radical (unpaired) electrons. The molecular weight excluding hydrogens is 438 g/mol. The minimum absolute atomic E-state index is 0.00314. The van der Waals surface area contributed by atoms with Crippen molar-refractivity contribution in [3.8, 4) is 0 Å². The van der Waals surface area contributed by atoms with Crippen molar-refractivity contribution in [2.24, 2.45) is 0 Å². The molecule has 0 aliphatic rings. The van der Waals surface area contributed by atoms with E-state index in [0.717, 1.165) is 6.42 Å². The van der Waals surface area contributed by atoms with Crippen LogP contribution in [0.25, 0.3) is 0 Å². The Morgan fingerprint density at radius 3 is 1.82 bits per heavy atom. The first-order valence-corrected chi connectivity index (χ1v) is 11.3. The number of aliphatic carboxylic acids is 1. The largest absolute Gasteiger partial charge is 0.480 e. The molecular formula is C21H39N3O9. The first-order valence-electron chi connectivity index (χ1n) is 11.3. The van der Waals surface area contributed by atoms with Crippen LogP contribution in [0.4, 0.5) is 0 Å². The van der Waals surface area contributed by atoms with Gasteiger partial charge in [0.05, 0.1) is 39.6 Å². The quantitative estimate of drug-likeness (QED) is 0.150. The lowest BCUT2D eigenvalue weighted by Gasteiger charge is -2.13. The summed E-state index contributed by atoms with van der Waals surface area (Å²) in [6.07, 6.45) is 1.11. The van der Waals surface area contributed by atoms with Crippen LogP contribution in [0.5, 0.6) is 0 Å². The molecule has 0 saturated carbocycles. The predicted octanol–water partition coefficient (Wildman–Crippen LogP) is -0.545. The lowest BCUT2D eigenvalue weighted by atomic mass is 10.1. The third-order valence-electron chi connectivity index (χ3n) is 4.08. The van der Waals surface area contributed by atoms with Crippen LogP contribution in [-0.4, -0.2) is 101 Å². The van der Waals surface area contributed by atoms with Crippen LogP contribution in [0.3, 0.4) is 0 Å². The second kappa shape index (κ2) is 21.6. The number of carbonyl (C=O) groups excluding carboxylic acids is 3. The van der Waals surface area contributed by atoms with E-state index < -0.39 is 12.0 Å². The third kappa shape index (κ3) is 20.1. The molecule has 0 aromatic heterocycles. The fraction of sp³-hybridized carbons (Fsp3) is 0.810. The number of ether oxygens (including phenoxy) is 4. The van der Waals surface area contributed by atoms with E-state index in [-0.39, 0.29) is 70.0 Å². The summed E-state index contributed by atoms with van der Waals surface area (Å²) >= 11 is 0. The number of carboxylic acids is 1. The van der Waals surface area contributed by atoms with Gasteiger partial charge < -0.3 is 40.0 Å². The Bertz CT molecular complexity index is 561. The van der Waals surface area contributed by atoms with Crippen molar-refractivity contribution in [3.05, 3.63) is 0 Å². The van der Waals surface area contributed by atoms with Gasteiger partial charge in [0.1, 0.15) is 12.6 Å². The van der Waals surface area contributed by atoms with Gasteiger partial charge in [-0.3, -0.25) is 14.4 Å². The maximum atomic E-state index is 11.8. The Hall–Kier alpha value is -2.28. The summed E-state index contributed by atoms with van der Waals surface area (Å²) in [6.45, 7) is 7.09. The Morgan fingerprint density at radius 2 is 1.27 bits per heavy atom. The standard InChI is InChI=1S/C21H39N3O9/c1-3-9-30-12-13-31-11-8-23-20(27)16-33-15-14-32-10-7-22-19(26)6-5-17(21(28)29)24-18(25)4-2/h17H,3-16H2,1-2H3,(H,22,26)(H,23,27)(H,24,25)(H,28,29). The van der Waals surface area contributed by atoms with Gasteiger partial charge >= 0.3 is 5.97 Å². The summed E-state index contributed by atoms with van der Waals surface area (Å²) in [6, 6.07) is -1.09. The van der Waals surface area contributed by atoms with Crippen LogP contribution < -0.4 is 16.0 Å². The number of hydrogen-bond donors (Lipinski definition) is 4. The number of hydrogen-bond acceptors (Lipinski definition) is 8. The van der Waals surface area contributed by atoms with E-state index in [1.807, 2.05) is 6.92 Å². The Balaban J connectivity index is 3.55. The summed E-state index contributed by atoms with van der Waals surface area (Å²) in [7, 11) is 0. The van der Waals surface area contributed by atoms with Crippen LogP contribution >= 0.6 is 0 Å². The van der Waals surface area contributed by atoms with Crippen LogP contribution in [0.1, 0.15) is 39.5 Å². The van der Waals surface area contributed by atoms with E-state index in [0.29, 0.717) is 33.0 Å². The lowest BCUT2D eigenvalue weighted by molar-refractivity contribution is -0.142. The molecule has 3 amide bonds. The first-order chi connectivity index (χ1) is 15.9. The number of amides is 3. The fourth-order valence-corrected chi connectivity index (χ4v) is 2.34. The van der Waals surface area contributed by atoms with Crippen molar-refractivity contribution in [2.75, 3.05) is 65.9 Å². The molecule has 12 heteroatoms. The van der Waals surface area contributed by atoms with E-state index >= 15 is 0 Å². The van der Waals surface area contributed by atoms with Gasteiger partial charge in [-0.05, 0) is 12.8 Å². The van der Waals surface area contributed by atoms with Gasteiger partial charge in [-0.1, -0.05) is 13.8 Å². The van der Waals surface area contributed by atoms with Crippen LogP contribution in [0, 0.1) is 0 Å². The highest BCUT2D eigenvalue weighted by Gasteiger charge is 2.20. The molecule has 0 aromatic carbocycles. The van der Waals surface area contributed by atoms with E-state index in [1.165, 1.54) is 0 Å². The fourth-order valence-electron chi connectivity index (χ4n) is 2.34. The van der Waals surface area contributed by atoms with Crippen molar-refractivity contribution in [2.45, 2.75) is 45.6 Å². The average molecular weight is 478 g/mol. The number of rotatable bonds is 22. The van der Waals surface area contributed by atoms with E-state index in [9.17, 15) is 19.2 Å². The molecule has 12 nitrogen and oxygen atoms in total. The molecule has 192 valence electrons. The van der Waals surface area contributed by atoms with Crippen molar-refractivity contribution < 1.29 is 43.2 Å². The molecule has 0 saturated heterocycles. The SMILES string of the molecule is CCCOCCOCCNC(=O)COCCOCCNC(=O)CCC(NC(=O)CC)C(=O)O. The van der Waals surface area contributed by atoms with E-state index in [2.05, 4.69) is 16.0 Å². The van der Waals surface area contributed by atoms with Crippen molar-refractivity contribution in [1.82, 2.24) is 16.0 Å². The van der Waals surface area contributed by atoms with E-state index in [4.69, 9.17) is 24.1 Å². The van der Waals surface area contributed by atoms with Gasteiger partial charge in [0.15, 0.2) is 0 Å². The molecule has 0 aliphatic carbocycles. The monoisotopic (exact) mass is 477 g/mol. The minimum Gasteiger partial charge on any atom is -0.480 e. The van der Waals surface area contributed by atoms with Gasteiger partial charge in [-0.15, -0.1) is 0 Å². The van der Waals surface area contributed by atoms with Gasteiger partial charge in [0.25, 0.3) is 0 Å². The van der Waals surface area contributed by atoms with Gasteiger partial charge in [-0.2, -0.15) is 0 Å². The van der Waals surface area contributed by atoms with Gasteiger partial charge in [0.2, 0.25) is 17.7 Å². The highest BCUT2D eigenvalue weighted by Crippen LogP contribution is 1.99. The molecule has 0 aromatic rings. The topological polar surface area (TPSA) is 162 Å². The molecule has 0 fully saturated rings. The zero-order chi connectivity index (χ0) is 24.7. The second-order valence-electron chi connectivity index (χ2n) is 6.94. The average Bonchev–Trinajstić information content (AvgIpc) is 2.79. The number of carbonyl (C=O) groups is 4. The van der Waals surface area contributed by atoms with Crippen LogP contribution in [0.15, 0.2) is 0 Å². The molecule has 4 N–H and O–H groups in total. The third-order valence-corrected chi connectivity index (χ3v) is 4.08. The lowest BCUT2D eigenvalue weighted by Crippen LogP contribution is -2.41. The molecule has 0 rings (SSSR count). The smallest absolute Gasteiger partial charge is 0.326 e. The maximum absolute atomic E-state index is 11.8. The highest BCUT2D eigenvalue weighted by molar-refractivity contribution is 5.84. The number of nitrogens with one attached hydrogen (secondary N) is 3. The Morgan fingerprint density at radius 1 is 0.727 bits per heavy atom.